The second-order valence-electron chi connectivity index (χ2n) is 7.74. The van der Waals surface area contributed by atoms with Crippen LogP contribution in [0.25, 0.3) is 0 Å². The number of benzene rings is 1. The van der Waals surface area contributed by atoms with E-state index in [0.717, 1.165) is 75.4 Å². The number of pyridine rings is 1. The summed E-state index contributed by atoms with van der Waals surface area (Å²) in [4.78, 5) is 14.1. The fraction of sp³-hybridized carbons (Fsp3) is 0.478. The molecule has 7 heteroatoms. The SMILES string of the molecule is CCNC(=NCCc1ccc(C)nc1)N1CCN(Cc2ccc3c(c2)OCO3)CC1. The Labute approximate surface area is 178 Å². The largest absolute Gasteiger partial charge is 0.454 e. The molecule has 2 aromatic rings. The molecule has 1 aromatic carbocycles. The van der Waals surface area contributed by atoms with Crippen molar-refractivity contribution in [3.63, 3.8) is 0 Å². The van der Waals surface area contributed by atoms with Gasteiger partial charge in [-0.2, -0.15) is 0 Å². The summed E-state index contributed by atoms with van der Waals surface area (Å²) < 4.78 is 10.9. The molecule has 4 rings (SSSR count). The summed E-state index contributed by atoms with van der Waals surface area (Å²) in [6.07, 6.45) is 2.86. The van der Waals surface area contributed by atoms with Gasteiger partial charge >= 0.3 is 0 Å². The Balaban J connectivity index is 1.28. The van der Waals surface area contributed by atoms with E-state index in [4.69, 9.17) is 14.5 Å². The van der Waals surface area contributed by atoms with Gasteiger partial charge in [0.05, 0.1) is 0 Å². The summed E-state index contributed by atoms with van der Waals surface area (Å²) in [6.45, 7) is 11.0. The minimum Gasteiger partial charge on any atom is -0.454 e. The first-order valence-electron chi connectivity index (χ1n) is 10.8. The Hall–Kier alpha value is -2.80. The maximum absolute atomic E-state index is 5.50. The Bertz CT molecular complexity index is 860. The number of piperazine rings is 1. The maximum Gasteiger partial charge on any atom is 0.231 e. The Morgan fingerprint density at radius 1 is 1.07 bits per heavy atom. The molecule has 0 unspecified atom stereocenters. The van der Waals surface area contributed by atoms with Gasteiger partial charge in [-0.3, -0.25) is 14.9 Å². The lowest BCUT2D eigenvalue weighted by Crippen LogP contribution is -2.52. The molecule has 1 saturated heterocycles. The number of ether oxygens (including phenoxy) is 2. The van der Waals surface area contributed by atoms with Gasteiger partial charge in [0.1, 0.15) is 0 Å². The van der Waals surface area contributed by atoms with Crippen molar-refractivity contribution < 1.29 is 9.47 Å². The Morgan fingerprint density at radius 2 is 1.87 bits per heavy atom. The number of guanidine groups is 1. The minimum atomic E-state index is 0.324. The van der Waals surface area contributed by atoms with Crippen molar-refractivity contribution >= 4 is 5.96 Å². The van der Waals surface area contributed by atoms with Crippen molar-refractivity contribution in [3.05, 3.63) is 53.3 Å². The van der Waals surface area contributed by atoms with Gasteiger partial charge in [-0.1, -0.05) is 12.1 Å². The van der Waals surface area contributed by atoms with E-state index >= 15 is 0 Å². The quantitative estimate of drug-likeness (QED) is 0.584. The summed E-state index contributed by atoms with van der Waals surface area (Å²) in [5.41, 5.74) is 3.54. The van der Waals surface area contributed by atoms with Crippen molar-refractivity contribution in [2.75, 3.05) is 46.1 Å². The lowest BCUT2D eigenvalue weighted by atomic mass is 10.1. The number of aromatic nitrogens is 1. The fourth-order valence-corrected chi connectivity index (χ4v) is 3.78. The molecule has 1 N–H and O–H groups in total. The number of hydrogen-bond donors (Lipinski definition) is 1. The molecule has 160 valence electrons. The first kappa shape index (κ1) is 20.5. The van der Waals surface area contributed by atoms with E-state index in [1.54, 1.807) is 0 Å². The summed E-state index contributed by atoms with van der Waals surface area (Å²) >= 11 is 0. The highest BCUT2D eigenvalue weighted by Gasteiger charge is 2.20. The van der Waals surface area contributed by atoms with Gasteiger partial charge in [0.15, 0.2) is 17.5 Å². The van der Waals surface area contributed by atoms with Crippen LogP contribution in [0, 0.1) is 6.92 Å². The molecule has 1 aromatic heterocycles. The molecule has 0 saturated carbocycles. The van der Waals surface area contributed by atoms with Gasteiger partial charge in [-0.15, -0.1) is 0 Å². The average molecular weight is 410 g/mol. The predicted octanol–water partition coefficient (Wildman–Crippen LogP) is 2.44. The topological polar surface area (TPSA) is 62.2 Å². The van der Waals surface area contributed by atoms with Crippen LogP contribution < -0.4 is 14.8 Å². The number of rotatable bonds is 6. The third-order valence-corrected chi connectivity index (χ3v) is 5.48. The smallest absolute Gasteiger partial charge is 0.231 e. The van der Waals surface area contributed by atoms with Crippen LogP contribution in [0.15, 0.2) is 41.5 Å². The van der Waals surface area contributed by atoms with Crippen LogP contribution in [0.3, 0.4) is 0 Å². The molecule has 0 radical (unpaired) electrons. The number of nitrogens with one attached hydrogen (secondary N) is 1. The van der Waals surface area contributed by atoms with Gasteiger partial charge in [0.25, 0.3) is 0 Å². The van der Waals surface area contributed by atoms with Gasteiger partial charge in [-0.05, 0) is 49.6 Å². The van der Waals surface area contributed by atoms with Crippen LogP contribution in [0.5, 0.6) is 11.5 Å². The van der Waals surface area contributed by atoms with Crippen molar-refractivity contribution in [3.8, 4) is 11.5 Å². The van der Waals surface area contributed by atoms with Crippen molar-refractivity contribution in [1.82, 2.24) is 20.1 Å². The number of aliphatic imine (C=N–C) groups is 1. The summed E-state index contributed by atoms with van der Waals surface area (Å²) in [6, 6.07) is 10.4. The fourth-order valence-electron chi connectivity index (χ4n) is 3.78. The molecule has 30 heavy (non-hydrogen) atoms. The van der Waals surface area contributed by atoms with E-state index < -0.39 is 0 Å². The van der Waals surface area contributed by atoms with Crippen LogP contribution >= 0.6 is 0 Å². The molecule has 0 bridgehead atoms. The third kappa shape index (κ3) is 5.21. The van der Waals surface area contributed by atoms with Crippen molar-refractivity contribution in [2.45, 2.75) is 26.8 Å². The zero-order valence-corrected chi connectivity index (χ0v) is 17.9. The second-order valence-corrected chi connectivity index (χ2v) is 7.74. The molecule has 1 fully saturated rings. The van der Waals surface area contributed by atoms with Gasteiger partial charge in [0, 0.05) is 57.7 Å². The maximum atomic E-state index is 5.50. The minimum absolute atomic E-state index is 0.324. The van der Waals surface area contributed by atoms with E-state index in [1.165, 1.54) is 11.1 Å². The van der Waals surface area contributed by atoms with E-state index in [2.05, 4.69) is 51.3 Å². The molecule has 0 spiro atoms. The summed E-state index contributed by atoms with van der Waals surface area (Å²) in [7, 11) is 0. The first-order valence-corrected chi connectivity index (χ1v) is 10.8. The number of hydrogen-bond acceptors (Lipinski definition) is 5. The lowest BCUT2D eigenvalue weighted by molar-refractivity contribution is 0.171. The van der Waals surface area contributed by atoms with E-state index in [-0.39, 0.29) is 0 Å². The van der Waals surface area contributed by atoms with E-state index in [0.29, 0.717) is 6.79 Å². The number of fused-ring (bicyclic) bond motifs is 1. The monoisotopic (exact) mass is 409 g/mol. The van der Waals surface area contributed by atoms with E-state index in [1.807, 2.05) is 19.2 Å². The molecule has 2 aliphatic heterocycles. The molecule has 3 heterocycles. The van der Waals surface area contributed by atoms with Crippen molar-refractivity contribution in [1.29, 1.82) is 0 Å². The Kier molecular flexibility index (Phi) is 6.69. The summed E-state index contributed by atoms with van der Waals surface area (Å²) in [5, 5.41) is 3.45. The number of aryl methyl sites for hydroxylation is 1. The van der Waals surface area contributed by atoms with E-state index in [9.17, 15) is 0 Å². The third-order valence-electron chi connectivity index (χ3n) is 5.48. The van der Waals surface area contributed by atoms with Crippen molar-refractivity contribution in [2.24, 2.45) is 4.99 Å². The zero-order valence-electron chi connectivity index (χ0n) is 17.9. The highest BCUT2D eigenvalue weighted by Crippen LogP contribution is 2.32. The molecule has 7 nitrogen and oxygen atoms in total. The van der Waals surface area contributed by atoms with Crippen LogP contribution in [0.2, 0.25) is 0 Å². The predicted molar refractivity (Wildman–Crippen MR) is 118 cm³/mol. The number of nitrogens with zero attached hydrogens (tertiary/aromatic N) is 4. The normalized spacial score (nSPS) is 16.7. The second kappa shape index (κ2) is 9.80. The molecular formula is C23H31N5O2. The zero-order chi connectivity index (χ0) is 20.8. The van der Waals surface area contributed by atoms with Crippen LogP contribution in [-0.2, 0) is 13.0 Å². The molecule has 0 atom stereocenters. The van der Waals surface area contributed by atoms with Gasteiger partial charge in [-0.25, -0.2) is 0 Å². The van der Waals surface area contributed by atoms with Gasteiger partial charge < -0.3 is 19.7 Å². The lowest BCUT2D eigenvalue weighted by Gasteiger charge is -2.36. The first-order chi connectivity index (χ1) is 14.7. The van der Waals surface area contributed by atoms with Crippen LogP contribution in [0.1, 0.15) is 23.7 Å². The van der Waals surface area contributed by atoms with Gasteiger partial charge in [0.2, 0.25) is 6.79 Å². The highest BCUT2D eigenvalue weighted by atomic mass is 16.7. The molecule has 2 aliphatic rings. The molecule has 0 amide bonds. The van der Waals surface area contributed by atoms with Crippen LogP contribution in [-0.4, -0.2) is 66.8 Å². The Morgan fingerprint density at radius 3 is 2.63 bits per heavy atom. The highest BCUT2D eigenvalue weighted by molar-refractivity contribution is 5.80. The average Bonchev–Trinajstić information content (AvgIpc) is 3.23. The molecule has 0 aliphatic carbocycles. The molecular weight excluding hydrogens is 378 g/mol. The van der Waals surface area contributed by atoms with Crippen LogP contribution in [0.4, 0.5) is 0 Å². The standard InChI is InChI=1S/C23H31N5O2/c1-3-24-23(25-9-8-19-5-4-18(2)26-15-19)28-12-10-27(11-13-28)16-20-6-7-21-22(14-20)30-17-29-21/h4-7,14-15H,3,8-13,16-17H2,1-2H3,(H,24,25). The summed E-state index contributed by atoms with van der Waals surface area (Å²) in [5.74, 6) is 2.72.